The molecule has 0 spiro atoms. The minimum atomic E-state index is -0.664. The van der Waals surface area contributed by atoms with Crippen LogP contribution in [0.15, 0.2) is 33.5 Å². The van der Waals surface area contributed by atoms with Crippen LogP contribution in [0.2, 0.25) is 0 Å². The van der Waals surface area contributed by atoms with Gasteiger partial charge in [0.1, 0.15) is 12.1 Å². The second kappa shape index (κ2) is 7.06. The van der Waals surface area contributed by atoms with Gasteiger partial charge >= 0.3 is 5.63 Å². The molecule has 0 atom stereocenters. The van der Waals surface area contributed by atoms with Crippen LogP contribution in [-0.4, -0.2) is 24.9 Å². The third-order valence-electron chi connectivity index (χ3n) is 3.04. The molecule has 118 valence electrons. The average Bonchev–Trinajstić information content (AvgIpc) is 2.42. The molecule has 8 heteroatoms. The number of aryl methyl sites for hydroxylation is 1. The van der Waals surface area contributed by atoms with E-state index < -0.39 is 17.4 Å². The summed E-state index contributed by atoms with van der Waals surface area (Å²) in [6, 6.07) is 6.25. The second-order valence-electron chi connectivity index (χ2n) is 4.58. The van der Waals surface area contributed by atoms with E-state index in [2.05, 4.69) is 0 Å². The Balaban J connectivity index is 0.00000242. The highest BCUT2D eigenvalue weighted by atomic mass is 35.5. The van der Waals surface area contributed by atoms with Gasteiger partial charge in [-0.25, -0.2) is 4.79 Å². The number of anilines is 1. The average molecular weight is 326 g/mol. The van der Waals surface area contributed by atoms with Gasteiger partial charge in [-0.05, 0) is 24.6 Å². The van der Waals surface area contributed by atoms with E-state index in [0.717, 1.165) is 15.8 Å². The predicted molar refractivity (Wildman–Crippen MR) is 85.1 cm³/mol. The molecule has 2 amide bonds. The Morgan fingerprint density at radius 3 is 2.55 bits per heavy atom. The number of fused-ring (bicyclic) bond motifs is 1. The first-order valence-electron chi connectivity index (χ1n) is 6.25. The van der Waals surface area contributed by atoms with Gasteiger partial charge in [0.2, 0.25) is 11.8 Å². The Hall–Kier alpha value is -2.38. The quantitative estimate of drug-likeness (QED) is 0.783. The fourth-order valence-electron chi connectivity index (χ4n) is 2.07. The summed E-state index contributed by atoms with van der Waals surface area (Å²) in [6.07, 6.45) is 0. The van der Waals surface area contributed by atoms with E-state index in [1.807, 2.05) is 0 Å². The van der Waals surface area contributed by atoms with E-state index >= 15 is 0 Å². The Bertz CT molecular complexity index is 772. The highest BCUT2D eigenvalue weighted by molar-refractivity contribution is 6.00. The number of amides is 2. The molecule has 22 heavy (non-hydrogen) atoms. The van der Waals surface area contributed by atoms with Crippen molar-refractivity contribution in [1.29, 1.82) is 0 Å². The highest BCUT2D eigenvalue weighted by Gasteiger charge is 2.17. The maximum Gasteiger partial charge on any atom is 0.336 e. The van der Waals surface area contributed by atoms with Gasteiger partial charge in [0.05, 0.1) is 6.54 Å². The first-order valence-corrected chi connectivity index (χ1v) is 6.25. The van der Waals surface area contributed by atoms with Crippen molar-refractivity contribution in [1.82, 2.24) is 0 Å². The van der Waals surface area contributed by atoms with Crippen LogP contribution in [0.4, 0.5) is 5.69 Å². The highest BCUT2D eigenvalue weighted by Crippen LogP contribution is 2.23. The molecule has 0 aliphatic rings. The van der Waals surface area contributed by atoms with Crippen molar-refractivity contribution in [3.05, 3.63) is 40.2 Å². The molecule has 0 radical (unpaired) electrons. The Labute approximate surface area is 132 Å². The molecule has 0 aliphatic heterocycles. The Kier molecular flexibility index (Phi) is 5.67. The zero-order chi connectivity index (χ0) is 15.6. The van der Waals surface area contributed by atoms with E-state index in [1.54, 1.807) is 19.1 Å². The monoisotopic (exact) mass is 325 g/mol. The molecule has 2 rings (SSSR count). The SMILES string of the molecule is Cc1cc(=O)oc2cc(N(CC(N)=O)C(=O)CN)ccc12.Cl. The Morgan fingerprint density at radius 1 is 1.27 bits per heavy atom. The number of benzene rings is 1. The van der Waals surface area contributed by atoms with Crippen LogP contribution in [0.1, 0.15) is 5.56 Å². The van der Waals surface area contributed by atoms with Crippen molar-refractivity contribution < 1.29 is 14.0 Å². The van der Waals surface area contributed by atoms with Gasteiger partial charge in [-0.3, -0.25) is 9.59 Å². The van der Waals surface area contributed by atoms with Crippen molar-refractivity contribution in [3.63, 3.8) is 0 Å². The first-order chi connectivity index (χ1) is 9.92. The number of nitrogens with two attached hydrogens (primary N) is 2. The summed E-state index contributed by atoms with van der Waals surface area (Å²) in [5, 5.41) is 0.748. The fourth-order valence-corrected chi connectivity index (χ4v) is 2.07. The molecule has 0 saturated carbocycles. The van der Waals surface area contributed by atoms with E-state index in [0.29, 0.717) is 11.3 Å². The summed E-state index contributed by atoms with van der Waals surface area (Å²) in [5.74, 6) is -1.12. The molecule has 0 fully saturated rings. The molecule has 1 aromatic heterocycles. The largest absolute Gasteiger partial charge is 0.423 e. The van der Waals surface area contributed by atoms with Gasteiger partial charge in [-0.2, -0.15) is 0 Å². The number of nitrogens with zero attached hydrogens (tertiary/aromatic N) is 1. The number of hydrogen-bond donors (Lipinski definition) is 2. The normalized spacial score (nSPS) is 10.1. The van der Waals surface area contributed by atoms with Crippen LogP contribution in [0.3, 0.4) is 0 Å². The molecule has 1 heterocycles. The van der Waals surface area contributed by atoms with Crippen molar-refractivity contribution in [2.75, 3.05) is 18.0 Å². The lowest BCUT2D eigenvalue weighted by atomic mass is 10.1. The molecule has 0 aliphatic carbocycles. The van der Waals surface area contributed by atoms with Gasteiger partial charge in [0.25, 0.3) is 0 Å². The molecule has 0 saturated heterocycles. The Morgan fingerprint density at radius 2 is 1.95 bits per heavy atom. The molecule has 0 bridgehead atoms. The van der Waals surface area contributed by atoms with E-state index in [1.165, 1.54) is 12.1 Å². The van der Waals surface area contributed by atoms with Crippen LogP contribution >= 0.6 is 12.4 Å². The van der Waals surface area contributed by atoms with Crippen LogP contribution in [0, 0.1) is 6.92 Å². The molecule has 2 aromatic rings. The third kappa shape index (κ3) is 3.63. The minimum Gasteiger partial charge on any atom is -0.423 e. The summed E-state index contributed by atoms with van der Waals surface area (Å²) in [5.41, 5.74) is 11.5. The standard InChI is InChI=1S/C14H15N3O4.ClH/c1-8-4-14(20)21-11-5-9(2-3-10(8)11)17(7-12(16)18)13(19)6-15;/h2-5H,6-7,15H2,1H3,(H2,16,18);1H. The molecule has 4 N–H and O–H groups in total. The number of primary amides is 1. The maximum absolute atomic E-state index is 11.8. The van der Waals surface area contributed by atoms with E-state index in [-0.39, 0.29) is 25.5 Å². The third-order valence-corrected chi connectivity index (χ3v) is 3.04. The molecular weight excluding hydrogens is 310 g/mol. The zero-order valence-corrected chi connectivity index (χ0v) is 12.7. The number of carbonyl (C=O) groups is 2. The van der Waals surface area contributed by atoms with Crippen LogP contribution in [0.25, 0.3) is 11.0 Å². The lowest BCUT2D eigenvalue weighted by molar-refractivity contribution is -0.121. The van der Waals surface area contributed by atoms with Crippen LogP contribution in [-0.2, 0) is 9.59 Å². The zero-order valence-electron chi connectivity index (χ0n) is 11.9. The van der Waals surface area contributed by atoms with Crippen LogP contribution < -0.4 is 22.0 Å². The number of rotatable bonds is 4. The van der Waals surface area contributed by atoms with Crippen LogP contribution in [0.5, 0.6) is 0 Å². The fraction of sp³-hybridized carbons (Fsp3) is 0.214. The summed E-state index contributed by atoms with van der Waals surface area (Å²) in [4.78, 5) is 35.5. The van der Waals surface area contributed by atoms with Gasteiger partial charge < -0.3 is 20.8 Å². The minimum absolute atomic E-state index is 0. The van der Waals surface area contributed by atoms with Crippen molar-refractivity contribution >= 4 is 40.9 Å². The smallest absolute Gasteiger partial charge is 0.336 e. The number of halogens is 1. The summed E-state index contributed by atoms with van der Waals surface area (Å²) < 4.78 is 5.11. The number of hydrogen-bond acceptors (Lipinski definition) is 5. The lowest BCUT2D eigenvalue weighted by Gasteiger charge is -2.20. The lowest BCUT2D eigenvalue weighted by Crippen LogP contribution is -2.41. The number of carbonyl (C=O) groups excluding carboxylic acids is 2. The van der Waals surface area contributed by atoms with Crippen molar-refractivity contribution in [2.24, 2.45) is 11.5 Å². The van der Waals surface area contributed by atoms with Crippen molar-refractivity contribution in [2.45, 2.75) is 6.92 Å². The van der Waals surface area contributed by atoms with E-state index in [9.17, 15) is 14.4 Å². The molecule has 7 nitrogen and oxygen atoms in total. The van der Waals surface area contributed by atoms with Crippen molar-refractivity contribution in [3.8, 4) is 0 Å². The maximum atomic E-state index is 11.8. The predicted octanol–water partition coefficient (Wildman–Crippen LogP) is 0.300. The summed E-state index contributed by atoms with van der Waals surface area (Å²) >= 11 is 0. The molecular formula is C14H16ClN3O4. The molecule has 0 unspecified atom stereocenters. The second-order valence-corrected chi connectivity index (χ2v) is 4.58. The topological polar surface area (TPSA) is 120 Å². The van der Waals surface area contributed by atoms with Gasteiger partial charge in [-0.15, -0.1) is 12.4 Å². The summed E-state index contributed by atoms with van der Waals surface area (Å²) in [6.45, 7) is 1.23. The molecule has 1 aromatic carbocycles. The van der Waals surface area contributed by atoms with Gasteiger partial charge in [0.15, 0.2) is 0 Å². The van der Waals surface area contributed by atoms with Gasteiger partial charge in [-0.1, -0.05) is 0 Å². The first kappa shape index (κ1) is 17.7. The van der Waals surface area contributed by atoms with Gasteiger partial charge in [0, 0.05) is 23.2 Å². The van der Waals surface area contributed by atoms with E-state index in [4.69, 9.17) is 15.9 Å². The summed E-state index contributed by atoms with van der Waals surface area (Å²) in [7, 11) is 0.